The van der Waals surface area contributed by atoms with E-state index in [2.05, 4.69) is 18.7 Å². The Morgan fingerprint density at radius 2 is 1.92 bits per heavy atom. The van der Waals surface area contributed by atoms with Gasteiger partial charge in [0, 0.05) is 12.1 Å². The molecular weight excluding hydrogens is 154 g/mol. The molecule has 0 saturated carbocycles. The third kappa shape index (κ3) is 4.13. The smallest absolute Gasteiger partial charge is 0.330 e. The highest BCUT2D eigenvalue weighted by atomic mass is 16.4. The molecule has 0 bridgehead atoms. The van der Waals surface area contributed by atoms with E-state index in [4.69, 9.17) is 5.11 Å². The molecule has 0 amide bonds. The van der Waals surface area contributed by atoms with Crippen LogP contribution in [0.2, 0.25) is 0 Å². The molecule has 70 valence electrons. The zero-order valence-corrected chi connectivity index (χ0v) is 8.00. The van der Waals surface area contributed by atoms with E-state index < -0.39 is 5.97 Å². The van der Waals surface area contributed by atoms with Crippen LogP contribution >= 0.6 is 0 Å². The Morgan fingerprint density at radius 1 is 1.42 bits per heavy atom. The molecule has 0 aromatic carbocycles. The van der Waals surface area contributed by atoms with Gasteiger partial charge in [-0.05, 0) is 20.0 Å². The fourth-order valence-corrected chi connectivity index (χ4v) is 0.835. The molecule has 0 aromatic rings. The second-order valence-electron chi connectivity index (χ2n) is 2.68. The maximum atomic E-state index is 10.4. The van der Waals surface area contributed by atoms with Gasteiger partial charge < -0.3 is 10.0 Å². The van der Waals surface area contributed by atoms with Crippen molar-refractivity contribution in [1.29, 1.82) is 0 Å². The van der Waals surface area contributed by atoms with Gasteiger partial charge in [-0.1, -0.05) is 19.9 Å². The van der Waals surface area contributed by atoms with E-state index in [-0.39, 0.29) is 0 Å². The number of likely N-dealkylation sites (N-methyl/N-ethyl adjacent to an activating group) is 1. The minimum atomic E-state index is -0.831. The third-order valence-electron chi connectivity index (χ3n) is 1.89. The molecule has 0 spiro atoms. The molecule has 0 aliphatic heterocycles. The number of hydrogen-bond acceptors (Lipinski definition) is 2. The minimum Gasteiger partial charge on any atom is -0.478 e. The normalized spacial score (nSPS) is 12.2. The molecule has 0 unspecified atom stereocenters. The molecule has 0 heterocycles. The van der Waals surface area contributed by atoms with Crippen LogP contribution in [0, 0.1) is 0 Å². The van der Waals surface area contributed by atoms with Crippen molar-refractivity contribution in [3.05, 3.63) is 11.6 Å². The maximum absolute atomic E-state index is 10.4. The second kappa shape index (κ2) is 5.77. The Bertz CT molecular complexity index is 171. The lowest BCUT2D eigenvalue weighted by Gasteiger charge is -2.15. The van der Waals surface area contributed by atoms with Gasteiger partial charge in [0.15, 0.2) is 0 Å². The minimum absolute atomic E-state index is 0.418. The maximum Gasteiger partial charge on any atom is 0.330 e. The van der Waals surface area contributed by atoms with Crippen LogP contribution in [0.4, 0.5) is 0 Å². The number of carboxylic acid groups (broad SMARTS) is 1. The lowest BCUT2D eigenvalue weighted by atomic mass is 10.3. The number of nitrogens with zero attached hydrogens (tertiary/aromatic N) is 1. The average molecular weight is 171 g/mol. The monoisotopic (exact) mass is 171 g/mol. The van der Waals surface area contributed by atoms with Crippen LogP contribution < -0.4 is 0 Å². The van der Waals surface area contributed by atoms with Crippen molar-refractivity contribution < 1.29 is 9.90 Å². The van der Waals surface area contributed by atoms with Crippen LogP contribution in [0.5, 0.6) is 0 Å². The van der Waals surface area contributed by atoms with Crippen LogP contribution in [0.25, 0.3) is 0 Å². The van der Waals surface area contributed by atoms with Gasteiger partial charge in [-0.25, -0.2) is 4.79 Å². The van der Waals surface area contributed by atoms with Crippen molar-refractivity contribution in [3.63, 3.8) is 0 Å². The molecule has 0 aliphatic rings. The molecule has 3 nitrogen and oxygen atoms in total. The lowest BCUT2D eigenvalue weighted by molar-refractivity contribution is -0.132. The first-order chi connectivity index (χ1) is 5.61. The van der Waals surface area contributed by atoms with E-state index in [1.807, 2.05) is 0 Å². The Morgan fingerprint density at radius 3 is 2.25 bits per heavy atom. The van der Waals surface area contributed by atoms with Gasteiger partial charge in [-0.15, -0.1) is 0 Å². The van der Waals surface area contributed by atoms with E-state index in [9.17, 15) is 4.79 Å². The highest BCUT2D eigenvalue weighted by molar-refractivity contribution is 5.85. The van der Waals surface area contributed by atoms with Crippen molar-refractivity contribution in [1.82, 2.24) is 4.90 Å². The van der Waals surface area contributed by atoms with Crippen LogP contribution in [-0.4, -0.2) is 35.6 Å². The molecule has 0 fully saturated rings. The predicted octanol–water partition coefficient (Wildman–Crippen LogP) is 1.36. The van der Waals surface area contributed by atoms with Crippen molar-refractivity contribution in [3.8, 4) is 0 Å². The highest BCUT2D eigenvalue weighted by Crippen LogP contribution is 1.94. The molecule has 0 aliphatic carbocycles. The van der Waals surface area contributed by atoms with Crippen LogP contribution in [-0.2, 0) is 4.79 Å². The summed E-state index contributed by atoms with van der Waals surface area (Å²) in [7, 11) is 0. The molecule has 0 aromatic heterocycles. The van der Waals surface area contributed by atoms with E-state index >= 15 is 0 Å². The summed E-state index contributed by atoms with van der Waals surface area (Å²) >= 11 is 0. The summed E-state index contributed by atoms with van der Waals surface area (Å²) in [4.78, 5) is 12.6. The van der Waals surface area contributed by atoms with Crippen LogP contribution in [0.15, 0.2) is 11.6 Å². The summed E-state index contributed by atoms with van der Waals surface area (Å²) < 4.78 is 0. The summed E-state index contributed by atoms with van der Waals surface area (Å²) in [6.07, 6.45) is 1.75. The van der Waals surface area contributed by atoms with E-state index in [0.717, 1.165) is 19.6 Å². The number of carbonyl (C=O) groups is 1. The second-order valence-corrected chi connectivity index (χ2v) is 2.68. The molecule has 12 heavy (non-hydrogen) atoms. The Labute approximate surface area is 73.7 Å². The van der Waals surface area contributed by atoms with Gasteiger partial charge in [-0.3, -0.25) is 0 Å². The van der Waals surface area contributed by atoms with Gasteiger partial charge >= 0.3 is 5.97 Å². The zero-order chi connectivity index (χ0) is 9.56. The molecule has 0 saturated heterocycles. The molecule has 0 rings (SSSR count). The molecule has 3 heteroatoms. The first-order valence-corrected chi connectivity index (χ1v) is 4.24. The van der Waals surface area contributed by atoms with Gasteiger partial charge in [0.1, 0.15) is 0 Å². The summed E-state index contributed by atoms with van der Waals surface area (Å²) in [5, 5.41) is 8.55. The topological polar surface area (TPSA) is 40.5 Å². The van der Waals surface area contributed by atoms with Crippen molar-refractivity contribution in [2.45, 2.75) is 20.8 Å². The first kappa shape index (κ1) is 11.2. The number of rotatable bonds is 5. The summed E-state index contributed by atoms with van der Waals surface area (Å²) in [6, 6.07) is 0. The van der Waals surface area contributed by atoms with E-state index in [1.54, 1.807) is 13.0 Å². The van der Waals surface area contributed by atoms with Crippen molar-refractivity contribution in [2.24, 2.45) is 0 Å². The van der Waals surface area contributed by atoms with Gasteiger partial charge in [-0.2, -0.15) is 0 Å². The largest absolute Gasteiger partial charge is 0.478 e. The van der Waals surface area contributed by atoms with Crippen LogP contribution in [0.1, 0.15) is 20.8 Å². The molecular formula is C9H17NO2. The van der Waals surface area contributed by atoms with E-state index in [0.29, 0.717) is 5.57 Å². The number of aliphatic carboxylic acids is 1. The lowest BCUT2D eigenvalue weighted by Crippen LogP contribution is -2.23. The molecule has 0 radical (unpaired) electrons. The predicted molar refractivity (Wildman–Crippen MR) is 49.2 cm³/mol. The average Bonchev–Trinajstić information content (AvgIpc) is 2.05. The standard InChI is InChI=1S/C9H17NO2/c1-4-10(5-2)7-6-8(3)9(11)12/h6H,4-5,7H2,1-3H3,(H,11,12). The van der Waals surface area contributed by atoms with Crippen LogP contribution in [0.3, 0.4) is 0 Å². The molecule has 1 N–H and O–H groups in total. The highest BCUT2D eigenvalue weighted by Gasteiger charge is 2.00. The van der Waals surface area contributed by atoms with Crippen molar-refractivity contribution >= 4 is 5.97 Å². The third-order valence-corrected chi connectivity index (χ3v) is 1.89. The van der Waals surface area contributed by atoms with Gasteiger partial charge in [0.05, 0.1) is 0 Å². The zero-order valence-electron chi connectivity index (χ0n) is 8.00. The quantitative estimate of drug-likeness (QED) is 0.635. The Hall–Kier alpha value is -0.830. The SMILES string of the molecule is CCN(CC)CC=C(C)C(=O)O. The summed E-state index contributed by atoms with van der Waals surface area (Å²) in [5.74, 6) is -0.831. The Kier molecular flexibility index (Phi) is 5.37. The first-order valence-electron chi connectivity index (χ1n) is 4.24. The number of hydrogen-bond donors (Lipinski definition) is 1. The number of carboxylic acids is 1. The Balaban J connectivity index is 3.93. The fourth-order valence-electron chi connectivity index (χ4n) is 0.835. The molecule has 0 atom stereocenters. The van der Waals surface area contributed by atoms with E-state index in [1.165, 1.54) is 0 Å². The van der Waals surface area contributed by atoms with Gasteiger partial charge in [0.25, 0.3) is 0 Å². The fraction of sp³-hybridized carbons (Fsp3) is 0.667. The van der Waals surface area contributed by atoms with Crippen molar-refractivity contribution in [2.75, 3.05) is 19.6 Å². The van der Waals surface area contributed by atoms with Gasteiger partial charge in [0.2, 0.25) is 0 Å². The summed E-state index contributed by atoms with van der Waals surface area (Å²) in [5.41, 5.74) is 0.418. The summed E-state index contributed by atoms with van der Waals surface area (Å²) in [6.45, 7) is 8.39.